The first kappa shape index (κ1) is 27.7. The predicted molar refractivity (Wildman–Crippen MR) is 157 cm³/mol. The lowest BCUT2D eigenvalue weighted by atomic mass is 9.98. The zero-order valence-electron chi connectivity index (χ0n) is 22.7. The molecule has 1 atom stereocenters. The van der Waals surface area contributed by atoms with Crippen molar-refractivity contribution in [2.24, 2.45) is 0 Å². The largest absolute Gasteiger partial charge is 0.497 e. The van der Waals surface area contributed by atoms with Gasteiger partial charge in [0.2, 0.25) is 5.91 Å². The molecule has 39 heavy (non-hydrogen) atoms. The van der Waals surface area contributed by atoms with Crippen molar-refractivity contribution < 1.29 is 14.3 Å². The zero-order valence-corrected chi connectivity index (χ0v) is 23.6. The molecule has 0 aliphatic heterocycles. The van der Waals surface area contributed by atoms with Crippen LogP contribution in [0.5, 0.6) is 11.5 Å². The van der Waals surface area contributed by atoms with E-state index in [0.717, 1.165) is 22.4 Å². The van der Waals surface area contributed by atoms with Crippen LogP contribution in [0.1, 0.15) is 30.0 Å². The van der Waals surface area contributed by atoms with Crippen molar-refractivity contribution in [3.8, 4) is 40.0 Å². The van der Waals surface area contributed by atoms with Crippen molar-refractivity contribution in [1.29, 1.82) is 5.26 Å². The van der Waals surface area contributed by atoms with Crippen molar-refractivity contribution in [3.63, 3.8) is 0 Å². The van der Waals surface area contributed by atoms with Gasteiger partial charge in [-0.3, -0.25) is 4.79 Å². The molecule has 0 aliphatic carbocycles. The van der Waals surface area contributed by atoms with Gasteiger partial charge in [0.25, 0.3) is 0 Å². The van der Waals surface area contributed by atoms with E-state index in [4.69, 9.17) is 14.5 Å². The average Bonchev–Trinajstić information content (AvgIpc) is 2.94. The molecule has 1 N–H and O–H groups in total. The molecule has 1 heterocycles. The average molecular weight is 538 g/mol. The second-order valence-electron chi connectivity index (χ2n) is 9.16. The Labute approximate surface area is 234 Å². The molecule has 0 aliphatic rings. The molecule has 1 unspecified atom stereocenters. The number of hydrogen-bond donors (Lipinski definition) is 1. The molecule has 6 nitrogen and oxygen atoms in total. The Morgan fingerprint density at radius 3 is 2.31 bits per heavy atom. The third-order valence-electron chi connectivity index (χ3n) is 6.27. The van der Waals surface area contributed by atoms with E-state index in [-0.39, 0.29) is 5.91 Å². The van der Waals surface area contributed by atoms with Gasteiger partial charge in [0.1, 0.15) is 22.6 Å². The van der Waals surface area contributed by atoms with Crippen LogP contribution in [0.2, 0.25) is 0 Å². The van der Waals surface area contributed by atoms with E-state index < -0.39 is 5.25 Å². The molecule has 7 heteroatoms. The lowest BCUT2D eigenvalue weighted by Gasteiger charge is -2.19. The SMILES string of the molecule is CCC(Sc1nc(-c2ccccc2)cc(-c2cc(OC)ccc2OC)c1C#N)C(=O)Nc1cc(C)cc(C)c1. The number of hydrogen-bond acceptors (Lipinski definition) is 6. The summed E-state index contributed by atoms with van der Waals surface area (Å²) in [6.45, 7) is 5.96. The fraction of sp³-hybridized carbons (Fsp3) is 0.219. The van der Waals surface area contributed by atoms with Crippen LogP contribution in [0.4, 0.5) is 5.69 Å². The molecule has 0 saturated heterocycles. The van der Waals surface area contributed by atoms with Crippen LogP contribution in [-0.2, 0) is 4.79 Å². The topological polar surface area (TPSA) is 84.2 Å². The summed E-state index contributed by atoms with van der Waals surface area (Å²) in [6.07, 6.45) is 0.557. The number of anilines is 1. The third-order valence-corrected chi connectivity index (χ3v) is 7.62. The first-order valence-corrected chi connectivity index (χ1v) is 13.5. The minimum Gasteiger partial charge on any atom is -0.497 e. The second-order valence-corrected chi connectivity index (χ2v) is 10.4. The number of pyridine rings is 1. The van der Waals surface area contributed by atoms with Crippen molar-refractivity contribution in [1.82, 2.24) is 4.98 Å². The Balaban J connectivity index is 1.82. The standard InChI is InChI=1S/C32H31N3O3S/c1-6-30(31(36)34-23-15-20(2)14-21(3)16-23)39-32-27(19-33)25(18-28(35-32)22-10-8-7-9-11-22)26-17-24(37-4)12-13-29(26)38-5/h7-18,30H,6H2,1-5H3,(H,34,36). The summed E-state index contributed by atoms with van der Waals surface area (Å²) in [5, 5.41) is 13.4. The lowest BCUT2D eigenvalue weighted by molar-refractivity contribution is -0.115. The molecule has 0 bridgehead atoms. The highest BCUT2D eigenvalue weighted by atomic mass is 32.2. The van der Waals surface area contributed by atoms with E-state index in [1.807, 2.05) is 87.5 Å². The third kappa shape index (κ3) is 6.42. The molecule has 1 aromatic heterocycles. The van der Waals surface area contributed by atoms with Gasteiger partial charge in [0.15, 0.2) is 0 Å². The summed E-state index contributed by atoms with van der Waals surface area (Å²) in [7, 11) is 3.19. The van der Waals surface area contributed by atoms with Crippen LogP contribution in [0, 0.1) is 25.2 Å². The van der Waals surface area contributed by atoms with Crippen molar-refractivity contribution in [3.05, 3.63) is 89.5 Å². The predicted octanol–water partition coefficient (Wildman–Crippen LogP) is 7.43. The second kappa shape index (κ2) is 12.5. The van der Waals surface area contributed by atoms with E-state index in [0.29, 0.717) is 45.3 Å². The van der Waals surface area contributed by atoms with E-state index in [2.05, 4.69) is 17.5 Å². The Morgan fingerprint density at radius 2 is 1.69 bits per heavy atom. The minimum absolute atomic E-state index is 0.135. The Morgan fingerprint density at radius 1 is 0.974 bits per heavy atom. The van der Waals surface area contributed by atoms with Crippen molar-refractivity contribution >= 4 is 23.4 Å². The van der Waals surface area contributed by atoms with Crippen LogP contribution in [-0.4, -0.2) is 30.4 Å². The molecule has 0 radical (unpaired) electrons. The van der Waals surface area contributed by atoms with E-state index in [9.17, 15) is 10.1 Å². The highest BCUT2D eigenvalue weighted by Gasteiger charge is 2.25. The van der Waals surface area contributed by atoms with Gasteiger partial charge in [-0.25, -0.2) is 4.98 Å². The number of aromatic nitrogens is 1. The zero-order chi connectivity index (χ0) is 27.9. The van der Waals surface area contributed by atoms with Gasteiger partial charge in [-0.15, -0.1) is 0 Å². The summed E-state index contributed by atoms with van der Waals surface area (Å²) < 4.78 is 11.1. The number of aryl methyl sites for hydroxylation is 2. The smallest absolute Gasteiger partial charge is 0.237 e. The number of amides is 1. The number of nitriles is 1. The molecule has 0 spiro atoms. The molecular weight excluding hydrogens is 506 g/mol. The van der Waals surface area contributed by atoms with Crippen LogP contribution < -0.4 is 14.8 Å². The number of carbonyl (C=O) groups excluding carboxylic acids is 1. The van der Waals surface area contributed by atoms with Crippen LogP contribution >= 0.6 is 11.8 Å². The molecule has 3 aromatic carbocycles. The monoisotopic (exact) mass is 537 g/mol. The van der Waals surface area contributed by atoms with Gasteiger partial charge < -0.3 is 14.8 Å². The quantitative estimate of drug-likeness (QED) is 0.224. The molecule has 4 aromatic rings. The molecule has 198 valence electrons. The first-order chi connectivity index (χ1) is 18.9. The maximum Gasteiger partial charge on any atom is 0.237 e. The van der Waals surface area contributed by atoms with Crippen LogP contribution in [0.3, 0.4) is 0 Å². The van der Waals surface area contributed by atoms with Gasteiger partial charge in [0.05, 0.1) is 30.7 Å². The summed E-state index contributed by atoms with van der Waals surface area (Å²) in [5.41, 5.74) is 6.26. The summed E-state index contributed by atoms with van der Waals surface area (Å²) >= 11 is 1.30. The number of nitrogens with zero attached hydrogens (tertiary/aromatic N) is 2. The molecule has 1 amide bonds. The molecule has 0 saturated carbocycles. The number of rotatable bonds is 9. The van der Waals surface area contributed by atoms with Gasteiger partial charge >= 0.3 is 0 Å². The van der Waals surface area contributed by atoms with Crippen LogP contribution in [0.25, 0.3) is 22.4 Å². The number of methoxy groups -OCH3 is 2. The Bertz CT molecular complexity index is 1510. The van der Waals surface area contributed by atoms with Gasteiger partial charge in [-0.1, -0.05) is 55.1 Å². The fourth-order valence-electron chi connectivity index (χ4n) is 4.44. The fourth-order valence-corrected chi connectivity index (χ4v) is 5.46. The molecular formula is C32H31N3O3S. The Kier molecular flexibility index (Phi) is 8.90. The van der Waals surface area contributed by atoms with Gasteiger partial charge in [-0.05, 0) is 67.8 Å². The highest BCUT2D eigenvalue weighted by molar-refractivity contribution is 8.00. The highest BCUT2D eigenvalue weighted by Crippen LogP contribution is 2.41. The first-order valence-electron chi connectivity index (χ1n) is 12.7. The number of nitrogens with one attached hydrogen (secondary N) is 1. The summed E-state index contributed by atoms with van der Waals surface area (Å²) in [6, 6.07) is 25.5. The number of thioether (sulfide) groups is 1. The van der Waals surface area contributed by atoms with Crippen LogP contribution in [0.15, 0.2) is 77.8 Å². The normalized spacial score (nSPS) is 11.4. The number of carbonyl (C=O) groups is 1. The number of benzene rings is 3. The summed E-state index contributed by atoms with van der Waals surface area (Å²) in [5.74, 6) is 1.11. The van der Waals surface area contributed by atoms with E-state index in [1.54, 1.807) is 14.2 Å². The maximum atomic E-state index is 13.4. The van der Waals surface area contributed by atoms with Crippen molar-refractivity contribution in [2.45, 2.75) is 37.5 Å². The molecule has 0 fully saturated rings. The van der Waals surface area contributed by atoms with E-state index in [1.165, 1.54) is 11.8 Å². The maximum absolute atomic E-state index is 13.4. The lowest BCUT2D eigenvalue weighted by Crippen LogP contribution is -2.25. The minimum atomic E-state index is -0.462. The van der Waals surface area contributed by atoms with Gasteiger partial charge in [0, 0.05) is 22.4 Å². The Hall–Kier alpha value is -4.28. The van der Waals surface area contributed by atoms with Crippen molar-refractivity contribution in [2.75, 3.05) is 19.5 Å². The van der Waals surface area contributed by atoms with E-state index >= 15 is 0 Å². The molecule has 4 rings (SSSR count). The van der Waals surface area contributed by atoms with Gasteiger partial charge in [-0.2, -0.15) is 5.26 Å². The number of ether oxygens (including phenoxy) is 2. The summed E-state index contributed by atoms with van der Waals surface area (Å²) in [4.78, 5) is 18.3.